The molecule has 0 fully saturated rings. The second kappa shape index (κ2) is 6.09. The van der Waals surface area contributed by atoms with Gasteiger partial charge in [0, 0.05) is 0 Å². The molecule has 0 aliphatic rings. The maximum Gasteiger partial charge on any atom is 0.192 e. The first-order valence-electron chi connectivity index (χ1n) is 5.34. The topological polar surface area (TPSA) is 26.3 Å². The van der Waals surface area contributed by atoms with E-state index in [0.29, 0.717) is 12.9 Å². The predicted octanol–water partition coefficient (Wildman–Crippen LogP) is 2.57. The maximum atomic E-state index is 10.2. The van der Waals surface area contributed by atoms with Crippen LogP contribution in [0.2, 0.25) is 0 Å². The van der Waals surface area contributed by atoms with Crippen LogP contribution in [0.25, 0.3) is 0 Å². The molecule has 0 aliphatic heterocycles. The highest BCUT2D eigenvalue weighted by atomic mass is 16.5. The van der Waals surface area contributed by atoms with E-state index in [9.17, 15) is 4.79 Å². The van der Waals surface area contributed by atoms with Crippen molar-refractivity contribution < 1.29 is 9.53 Å². The summed E-state index contributed by atoms with van der Waals surface area (Å²) in [6.07, 6.45) is 1.35. The number of benzene rings is 1. The molecular formula is C14H16O2. The lowest BCUT2D eigenvalue weighted by atomic mass is 10.0. The van der Waals surface area contributed by atoms with E-state index < -0.39 is 5.60 Å². The van der Waals surface area contributed by atoms with Gasteiger partial charge in [-0.05, 0) is 24.8 Å². The first-order valence-corrected chi connectivity index (χ1v) is 5.34. The van der Waals surface area contributed by atoms with Gasteiger partial charge >= 0.3 is 0 Å². The number of carbonyl (C=O) groups is 1. The second-order valence-corrected chi connectivity index (χ2v) is 3.75. The molecule has 0 N–H and O–H groups in total. The Morgan fingerprint density at radius 3 is 2.62 bits per heavy atom. The van der Waals surface area contributed by atoms with Gasteiger partial charge in [0.25, 0.3) is 0 Å². The molecule has 0 spiro atoms. The van der Waals surface area contributed by atoms with E-state index in [2.05, 4.69) is 11.8 Å². The molecule has 2 heteroatoms. The summed E-state index contributed by atoms with van der Waals surface area (Å²) in [4.78, 5) is 10.2. The Kier molecular flexibility index (Phi) is 4.75. The zero-order valence-corrected chi connectivity index (χ0v) is 9.69. The average Bonchev–Trinajstić information content (AvgIpc) is 2.35. The van der Waals surface area contributed by atoms with Crippen LogP contribution >= 0.6 is 0 Å². The van der Waals surface area contributed by atoms with Crippen LogP contribution in [-0.4, -0.2) is 11.9 Å². The average molecular weight is 216 g/mol. The lowest BCUT2D eigenvalue weighted by Gasteiger charge is -2.22. The Morgan fingerprint density at radius 1 is 1.38 bits per heavy atom. The standard InChI is InChI=1S/C14H16O2/c1-3-14(2,10-7-11-15)16-12-13-8-5-4-6-9-13/h4-6,8-9,11H,3,12H2,1-2H3/t14-/m1/s1. The summed E-state index contributed by atoms with van der Waals surface area (Å²) in [6, 6.07) is 9.92. The van der Waals surface area contributed by atoms with E-state index >= 15 is 0 Å². The fourth-order valence-corrected chi connectivity index (χ4v) is 1.23. The van der Waals surface area contributed by atoms with E-state index in [0.717, 1.165) is 12.0 Å². The fraction of sp³-hybridized carbons (Fsp3) is 0.357. The van der Waals surface area contributed by atoms with Gasteiger partial charge in [0.15, 0.2) is 6.29 Å². The van der Waals surface area contributed by atoms with Gasteiger partial charge in [0.2, 0.25) is 0 Å². The summed E-state index contributed by atoms with van der Waals surface area (Å²) in [5, 5.41) is 0. The van der Waals surface area contributed by atoms with Gasteiger partial charge in [-0.25, -0.2) is 0 Å². The summed E-state index contributed by atoms with van der Waals surface area (Å²) in [5.41, 5.74) is 0.562. The molecular weight excluding hydrogens is 200 g/mol. The minimum atomic E-state index is -0.545. The number of rotatable bonds is 4. The van der Waals surface area contributed by atoms with Gasteiger partial charge in [-0.15, -0.1) is 0 Å². The van der Waals surface area contributed by atoms with Crippen molar-refractivity contribution in [3.8, 4) is 11.8 Å². The van der Waals surface area contributed by atoms with Gasteiger partial charge in [0.1, 0.15) is 5.60 Å². The highest BCUT2D eigenvalue weighted by Gasteiger charge is 2.19. The van der Waals surface area contributed by atoms with Gasteiger partial charge in [-0.1, -0.05) is 43.2 Å². The van der Waals surface area contributed by atoms with Gasteiger partial charge in [0.05, 0.1) is 6.61 Å². The van der Waals surface area contributed by atoms with Crippen molar-refractivity contribution in [2.75, 3.05) is 0 Å². The maximum absolute atomic E-state index is 10.2. The Balaban J connectivity index is 2.61. The Labute approximate surface area is 96.6 Å². The quantitative estimate of drug-likeness (QED) is 0.571. The van der Waals surface area contributed by atoms with Crippen molar-refractivity contribution in [1.29, 1.82) is 0 Å². The molecule has 1 aromatic carbocycles. The van der Waals surface area contributed by atoms with Gasteiger partial charge < -0.3 is 4.74 Å². The SMILES string of the molecule is CC[C@](C)(C#CC=O)OCc1ccccc1. The number of carbonyl (C=O) groups excluding carboxylic acids is 1. The predicted molar refractivity (Wildman–Crippen MR) is 63.8 cm³/mol. The molecule has 1 rings (SSSR count). The number of hydrogen-bond acceptors (Lipinski definition) is 2. The van der Waals surface area contributed by atoms with Crippen molar-refractivity contribution in [2.45, 2.75) is 32.5 Å². The summed E-state index contributed by atoms with van der Waals surface area (Å²) in [5.74, 6) is 5.25. The molecule has 0 aromatic heterocycles. The first kappa shape index (κ1) is 12.5. The van der Waals surface area contributed by atoms with Crippen LogP contribution in [0.1, 0.15) is 25.8 Å². The van der Waals surface area contributed by atoms with Crippen LogP contribution in [0.3, 0.4) is 0 Å². The van der Waals surface area contributed by atoms with E-state index in [-0.39, 0.29) is 0 Å². The number of aldehydes is 1. The molecule has 0 saturated heterocycles. The number of hydrogen-bond donors (Lipinski definition) is 0. The van der Waals surface area contributed by atoms with E-state index in [1.807, 2.05) is 44.2 Å². The molecule has 16 heavy (non-hydrogen) atoms. The van der Waals surface area contributed by atoms with Crippen LogP contribution in [-0.2, 0) is 16.1 Å². The lowest BCUT2D eigenvalue weighted by Crippen LogP contribution is -2.25. The monoisotopic (exact) mass is 216 g/mol. The van der Waals surface area contributed by atoms with Crippen molar-refractivity contribution in [3.63, 3.8) is 0 Å². The molecule has 0 unspecified atom stereocenters. The summed E-state index contributed by atoms with van der Waals surface area (Å²) >= 11 is 0. The van der Waals surface area contributed by atoms with Crippen LogP contribution in [0, 0.1) is 11.8 Å². The minimum absolute atomic E-state index is 0.513. The molecule has 0 aliphatic carbocycles. The van der Waals surface area contributed by atoms with Gasteiger partial charge in [-0.3, -0.25) is 4.79 Å². The van der Waals surface area contributed by atoms with Crippen molar-refractivity contribution in [2.24, 2.45) is 0 Å². The molecule has 1 aromatic rings. The summed E-state index contributed by atoms with van der Waals surface area (Å²) in [6.45, 7) is 4.40. The Bertz CT molecular complexity index is 386. The molecule has 0 saturated carbocycles. The van der Waals surface area contributed by atoms with Crippen LogP contribution < -0.4 is 0 Å². The zero-order chi connectivity index (χ0) is 11.9. The molecule has 2 nitrogen and oxygen atoms in total. The minimum Gasteiger partial charge on any atom is -0.358 e. The largest absolute Gasteiger partial charge is 0.358 e. The van der Waals surface area contributed by atoms with E-state index in [1.165, 1.54) is 0 Å². The van der Waals surface area contributed by atoms with Crippen LogP contribution in [0.5, 0.6) is 0 Å². The number of ether oxygens (including phenoxy) is 1. The van der Waals surface area contributed by atoms with Crippen molar-refractivity contribution in [3.05, 3.63) is 35.9 Å². The molecule has 0 heterocycles. The third kappa shape index (κ3) is 3.88. The normalized spacial score (nSPS) is 13.4. The third-order valence-corrected chi connectivity index (χ3v) is 2.47. The smallest absolute Gasteiger partial charge is 0.192 e. The molecule has 0 radical (unpaired) electrons. The summed E-state index contributed by atoms with van der Waals surface area (Å²) in [7, 11) is 0. The van der Waals surface area contributed by atoms with Crippen LogP contribution in [0.4, 0.5) is 0 Å². The molecule has 0 bridgehead atoms. The van der Waals surface area contributed by atoms with E-state index in [1.54, 1.807) is 0 Å². The molecule has 0 amide bonds. The summed E-state index contributed by atoms with van der Waals surface area (Å²) < 4.78 is 5.73. The fourth-order valence-electron chi connectivity index (χ4n) is 1.23. The first-order chi connectivity index (χ1) is 7.70. The zero-order valence-electron chi connectivity index (χ0n) is 9.69. The third-order valence-electron chi connectivity index (χ3n) is 2.47. The molecule has 1 atom stereocenters. The second-order valence-electron chi connectivity index (χ2n) is 3.75. The molecule has 84 valence electrons. The Morgan fingerprint density at radius 2 is 2.06 bits per heavy atom. The highest BCUT2D eigenvalue weighted by Crippen LogP contribution is 2.16. The van der Waals surface area contributed by atoms with Crippen molar-refractivity contribution >= 4 is 6.29 Å². The van der Waals surface area contributed by atoms with E-state index in [4.69, 9.17) is 4.74 Å². The van der Waals surface area contributed by atoms with Crippen LogP contribution in [0.15, 0.2) is 30.3 Å². The Hall–Kier alpha value is -1.59. The van der Waals surface area contributed by atoms with Crippen molar-refractivity contribution in [1.82, 2.24) is 0 Å². The lowest BCUT2D eigenvalue weighted by molar-refractivity contribution is -0.103. The highest BCUT2D eigenvalue weighted by molar-refractivity contribution is 5.72. The van der Waals surface area contributed by atoms with Gasteiger partial charge in [-0.2, -0.15) is 0 Å².